The van der Waals surface area contributed by atoms with Gasteiger partial charge in [0.15, 0.2) is 5.65 Å². The minimum absolute atomic E-state index is 0.174. The number of hydrogen-bond donors (Lipinski definition) is 1. The highest BCUT2D eigenvalue weighted by Crippen LogP contribution is 2.37. The van der Waals surface area contributed by atoms with Crippen LogP contribution in [0.3, 0.4) is 0 Å². The quantitative estimate of drug-likeness (QED) is 0.408. The third kappa shape index (κ3) is 2.53. The number of hydrogen-bond acceptors (Lipinski definition) is 5. The van der Waals surface area contributed by atoms with Crippen molar-refractivity contribution in [2.24, 2.45) is 7.05 Å². The average molecular weight is 424 g/mol. The summed E-state index contributed by atoms with van der Waals surface area (Å²) in [5.41, 5.74) is 6.20. The Balaban J connectivity index is 1.74. The molecule has 1 atom stereocenters. The van der Waals surface area contributed by atoms with Gasteiger partial charge in [0.1, 0.15) is 28.9 Å². The first kappa shape index (κ1) is 18.4. The van der Waals surface area contributed by atoms with Crippen LogP contribution in [0.5, 0.6) is 0 Å². The summed E-state index contributed by atoms with van der Waals surface area (Å²) < 4.78 is 17.9. The molecule has 2 bridgehead atoms. The molecule has 0 radical (unpaired) electrons. The van der Waals surface area contributed by atoms with E-state index >= 15 is 0 Å². The highest BCUT2D eigenvalue weighted by atomic mass is 19.1. The van der Waals surface area contributed by atoms with Gasteiger partial charge in [0.25, 0.3) is 0 Å². The molecular formula is C23H17FN8. The van der Waals surface area contributed by atoms with Crippen molar-refractivity contribution in [1.29, 1.82) is 5.26 Å². The number of nitrogens with zero attached hydrogens (tertiary/aromatic N) is 7. The number of benzene rings is 1. The van der Waals surface area contributed by atoms with Crippen LogP contribution < -0.4 is 0 Å². The molecule has 6 rings (SSSR count). The highest BCUT2D eigenvalue weighted by Gasteiger charge is 2.26. The number of imidazole rings is 1. The van der Waals surface area contributed by atoms with Gasteiger partial charge in [-0.3, -0.25) is 4.68 Å². The van der Waals surface area contributed by atoms with Crippen molar-refractivity contribution in [2.45, 2.75) is 19.4 Å². The molecular weight excluding hydrogens is 407 g/mol. The van der Waals surface area contributed by atoms with E-state index in [2.05, 4.69) is 26.1 Å². The molecule has 1 unspecified atom stereocenters. The van der Waals surface area contributed by atoms with Crippen molar-refractivity contribution in [3.63, 3.8) is 0 Å². The standard InChI is InChI=1S/C23H17FN8/c1-12-15-7-13(24)3-4-14(15)23-26-5-6-32(23)11-18-20(19(8-25)31(2)30-18)17-10-28-22-21(29-17)16(12)9-27-22/h3-7,9-10,12H,11H2,1-2H3,(H,27,28). The fourth-order valence-electron chi connectivity index (χ4n) is 4.55. The molecule has 0 spiro atoms. The summed E-state index contributed by atoms with van der Waals surface area (Å²) in [4.78, 5) is 17.2. The molecule has 1 N–H and O–H groups in total. The predicted molar refractivity (Wildman–Crippen MR) is 115 cm³/mol. The number of aromatic nitrogens is 7. The smallest absolute Gasteiger partial charge is 0.156 e. The first-order valence-electron chi connectivity index (χ1n) is 10.2. The second kappa shape index (κ2) is 6.59. The number of aryl methyl sites for hydroxylation is 1. The SMILES string of the molecule is CC1c2cc(F)ccc2-c2nccn2Cc2nn(C)c(C#N)c2-c2cnc3[nH]cc1c3n2. The van der Waals surface area contributed by atoms with E-state index in [0.717, 1.165) is 16.7 Å². The van der Waals surface area contributed by atoms with E-state index in [9.17, 15) is 9.65 Å². The molecule has 156 valence electrons. The molecule has 1 aromatic carbocycles. The third-order valence-corrected chi connectivity index (χ3v) is 6.12. The number of halogens is 1. The fraction of sp³-hybridized carbons (Fsp3) is 0.174. The minimum Gasteiger partial charge on any atom is -0.344 e. The first-order chi connectivity index (χ1) is 15.5. The van der Waals surface area contributed by atoms with Gasteiger partial charge >= 0.3 is 0 Å². The number of nitriles is 1. The van der Waals surface area contributed by atoms with Crippen LogP contribution in [0.2, 0.25) is 0 Å². The lowest BCUT2D eigenvalue weighted by Gasteiger charge is -2.18. The molecule has 1 aliphatic heterocycles. The summed E-state index contributed by atoms with van der Waals surface area (Å²) in [6.45, 7) is 2.40. The van der Waals surface area contributed by atoms with Crippen LogP contribution >= 0.6 is 0 Å². The van der Waals surface area contributed by atoms with Crippen LogP contribution in [-0.4, -0.2) is 34.3 Å². The van der Waals surface area contributed by atoms with Crippen LogP contribution in [0.15, 0.2) is 43.0 Å². The van der Waals surface area contributed by atoms with Gasteiger partial charge in [-0.15, -0.1) is 0 Å². The Morgan fingerprint density at radius 1 is 1.25 bits per heavy atom. The fourth-order valence-corrected chi connectivity index (χ4v) is 4.55. The molecule has 0 saturated heterocycles. The molecule has 0 amide bonds. The van der Waals surface area contributed by atoms with Crippen molar-refractivity contribution < 1.29 is 4.39 Å². The van der Waals surface area contributed by atoms with Crippen molar-refractivity contribution >= 4 is 11.2 Å². The van der Waals surface area contributed by atoms with Gasteiger partial charge in [-0.05, 0) is 23.8 Å². The Hall–Kier alpha value is -4.32. The Kier molecular flexibility index (Phi) is 3.80. The van der Waals surface area contributed by atoms with Crippen LogP contribution in [0.4, 0.5) is 4.39 Å². The Morgan fingerprint density at radius 2 is 2.12 bits per heavy atom. The largest absolute Gasteiger partial charge is 0.344 e. The van der Waals surface area contributed by atoms with Gasteiger partial charge in [0.2, 0.25) is 0 Å². The first-order valence-corrected chi connectivity index (χ1v) is 10.2. The van der Waals surface area contributed by atoms with Gasteiger partial charge in [-0.1, -0.05) is 6.92 Å². The van der Waals surface area contributed by atoms with Crippen molar-refractivity contribution in [2.75, 3.05) is 0 Å². The van der Waals surface area contributed by atoms with Gasteiger partial charge in [0, 0.05) is 42.7 Å². The third-order valence-electron chi connectivity index (χ3n) is 6.12. The predicted octanol–water partition coefficient (Wildman–Crippen LogP) is 3.75. The number of fused-ring (bicyclic) bond motifs is 6. The van der Waals surface area contributed by atoms with Crippen molar-refractivity contribution in [3.05, 3.63) is 71.3 Å². The zero-order valence-electron chi connectivity index (χ0n) is 17.3. The molecule has 5 heterocycles. The summed E-state index contributed by atoms with van der Waals surface area (Å²) in [5.74, 6) is 0.231. The zero-order chi connectivity index (χ0) is 22.0. The lowest BCUT2D eigenvalue weighted by molar-refractivity contribution is 0.624. The van der Waals surface area contributed by atoms with Gasteiger partial charge in [-0.25, -0.2) is 19.3 Å². The van der Waals surface area contributed by atoms with Crippen LogP contribution in [-0.2, 0) is 13.6 Å². The Labute approximate surface area is 182 Å². The molecule has 9 heteroatoms. The molecule has 0 saturated carbocycles. The Morgan fingerprint density at radius 3 is 2.97 bits per heavy atom. The molecule has 0 fully saturated rings. The van der Waals surface area contributed by atoms with E-state index in [1.165, 1.54) is 6.07 Å². The van der Waals surface area contributed by atoms with E-state index in [1.54, 1.807) is 36.3 Å². The van der Waals surface area contributed by atoms with Gasteiger partial charge in [0.05, 0.1) is 29.7 Å². The van der Waals surface area contributed by atoms with Crippen molar-refractivity contribution in [1.82, 2.24) is 34.3 Å². The van der Waals surface area contributed by atoms with E-state index in [1.807, 2.05) is 23.9 Å². The average Bonchev–Trinajstić information content (AvgIpc) is 3.49. The molecule has 32 heavy (non-hydrogen) atoms. The summed E-state index contributed by atoms with van der Waals surface area (Å²) >= 11 is 0. The lowest BCUT2D eigenvalue weighted by atomic mass is 9.90. The van der Waals surface area contributed by atoms with Crippen LogP contribution in [0, 0.1) is 17.1 Å². The Bertz CT molecular complexity index is 1560. The lowest BCUT2D eigenvalue weighted by Crippen LogP contribution is -2.08. The van der Waals surface area contributed by atoms with Crippen LogP contribution in [0.1, 0.15) is 35.4 Å². The summed E-state index contributed by atoms with van der Waals surface area (Å²) in [6, 6.07) is 7.02. The summed E-state index contributed by atoms with van der Waals surface area (Å²) in [6.07, 6.45) is 7.10. The van der Waals surface area contributed by atoms with Crippen LogP contribution in [0.25, 0.3) is 33.8 Å². The highest BCUT2D eigenvalue weighted by molar-refractivity contribution is 5.81. The molecule has 8 nitrogen and oxygen atoms in total. The molecule has 0 aliphatic carbocycles. The maximum atomic E-state index is 14.3. The molecule has 1 aliphatic rings. The monoisotopic (exact) mass is 424 g/mol. The maximum Gasteiger partial charge on any atom is 0.156 e. The van der Waals surface area contributed by atoms with E-state index in [0.29, 0.717) is 46.2 Å². The summed E-state index contributed by atoms with van der Waals surface area (Å²) in [5, 5.41) is 14.4. The normalized spacial score (nSPS) is 14.9. The number of rotatable bonds is 0. The summed E-state index contributed by atoms with van der Waals surface area (Å²) in [7, 11) is 1.74. The minimum atomic E-state index is -0.307. The second-order valence-electron chi connectivity index (χ2n) is 7.93. The van der Waals surface area contributed by atoms with E-state index in [4.69, 9.17) is 4.98 Å². The number of aromatic amines is 1. The van der Waals surface area contributed by atoms with E-state index < -0.39 is 0 Å². The van der Waals surface area contributed by atoms with Gasteiger partial charge < -0.3 is 9.55 Å². The van der Waals surface area contributed by atoms with Gasteiger partial charge in [-0.2, -0.15) is 10.4 Å². The second-order valence-corrected chi connectivity index (χ2v) is 7.93. The number of nitrogens with one attached hydrogen (secondary N) is 1. The number of H-pyrrole nitrogens is 1. The zero-order valence-corrected chi connectivity index (χ0v) is 17.3. The van der Waals surface area contributed by atoms with E-state index in [-0.39, 0.29) is 11.7 Å². The molecule has 5 aromatic rings. The molecule has 4 aromatic heterocycles. The topological polar surface area (TPSA) is 101 Å². The van der Waals surface area contributed by atoms with Crippen molar-refractivity contribution in [3.8, 4) is 28.7 Å². The maximum absolute atomic E-state index is 14.3.